The van der Waals surface area contributed by atoms with Crippen molar-refractivity contribution in [2.24, 2.45) is 0 Å². The van der Waals surface area contributed by atoms with E-state index in [-0.39, 0.29) is 11.4 Å². The summed E-state index contributed by atoms with van der Waals surface area (Å²) in [6.45, 7) is 5.80. The monoisotopic (exact) mass is 262 g/mol. The number of halogens is 1. The van der Waals surface area contributed by atoms with Crippen LogP contribution < -0.4 is 5.32 Å². The predicted molar refractivity (Wildman–Crippen MR) is 74.0 cm³/mol. The summed E-state index contributed by atoms with van der Waals surface area (Å²) >= 11 is 6.07. The van der Waals surface area contributed by atoms with Crippen LogP contribution in [-0.4, -0.2) is 16.4 Å². The first-order valence-electron chi connectivity index (χ1n) is 5.74. The van der Waals surface area contributed by atoms with Gasteiger partial charge in [-0.25, -0.2) is 4.98 Å². The summed E-state index contributed by atoms with van der Waals surface area (Å²) in [5.74, 6) is -0.185. The normalized spacial score (nSPS) is 11.6. The van der Waals surface area contributed by atoms with Crippen molar-refractivity contribution in [2.75, 3.05) is 0 Å². The van der Waals surface area contributed by atoms with Gasteiger partial charge < -0.3 is 5.32 Å². The van der Waals surface area contributed by atoms with E-state index in [1.165, 1.54) is 6.20 Å². The Labute approximate surface area is 111 Å². The van der Waals surface area contributed by atoms with E-state index in [1.54, 1.807) is 0 Å². The molecule has 1 aromatic carbocycles. The van der Waals surface area contributed by atoms with E-state index in [2.05, 4.69) is 10.3 Å². The Morgan fingerprint density at radius 3 is 2.44 bits per heavy atom. The van der Waals surface area contributed by atoms with Crippen LogP contribution in [-0.2, 0) is 0 Å². The van der Waals surface area contributed by atoms with Gasteiger partial charge in [0.2, 0.25) is 0 Å². The second-order valence-electron chi connectivity index (χ2n) is 5.20. The Balaban J connectivity index is 2.52. The summed E-state index contributed by atoms with van der Waals surface area (Å²) in [7, 11) is 0. The topological polar surface area (TPSA) is 42.0 Å². The average molecular weight is 263 g/mol. The number of carbonyl (C=O) groups excluding carboxylic acids is 1. The second kappa shape index (κ2) is 4.58. The highest BCUT2D eigenvalue weighted by Crippen LogP contribution is 2.24. The van der Waals surface area contributed by atoms with Crippen LogP contribution in [0.4, 0.5) is 0 Å². The number of nitrogens with one attached hydrogen (secondary N) is 1. The minimum atomic E-state index is -0.292. The second-order valence-corrected chi connectivity index (χ2v) is 5.61. The molecule has 0 aliphatic heterocycles. The highest BCUT2D eigenvalue weighted by molar-refractivity contribution is 6.35. The molecule has 0 saturated heterocycles. The van der Waals surface area contributed by atoms with Gasteiger partial charge in [-0.15, -0.1) is 0 Å². The lowest BCUT2D eigenvalue weighted by Gasteiger charge is -2.20. The molecule has 0 aliphatic carbocycles. The standard InChI is InChI=1S/C14H15ClN2O/c1-14(2,3)17-13(18)12-10-7-5-4-6-9(10)11(15)8-16-12/h4-8H,1-3H3,(H,17,18). The molecule has 0 aliphatic rings. The minimum Gasteiger partial charge on any atom is -0.346 e. The Bertz CT molecular complexity index is 602. The van der Waals surface area contributed by atoms with Gasteiger partial charge in [-0.1, -0.05) is 35.9 Å². The zero-order chi connectivity index (χ0) is 13.3. The quantitative estimate of drug-likeness (QED) is 0.856. The molecule has 1 amide bonds. The molecule has 0 bridgehead atoms. The molecular formula is C14H15ClN2O. The van der Waals surface area contributed by atoms with Crippen LogP contribution in [0.1, 0.15) is 31.3 Å². The summed E-state index contributed by atoms with van der Waals surface area (Å²) < 4.78 is 0. The number of hydrogen-bond acceptors (Lipinski definition) is 2. The third kappa shape index (κ3) is 2.62. The zero-order valence-corrected chi connectivity index (χ0v) is 11.4. The minimum absolute atomic E-state index is 0.185. The molecule has 0 spiro atoms. The molecule has 0 atom stereocenters. The number of aromatic nitrogens is 1. The number of benzene rings is 1. The van der Waals surface area contributed by atoms with Crippen LogP contribution in [0.2, 0.25) is 5.02 Å². The smallest absolute Gasteiger partial charge is 0.270 e. The lowest BCUT2D eigenvalue weighted by molar-refractivity contribution is 0.0916. The van der Waals surface area contributed by atoms with Gasteiger partial charge in [-0.3, -0.25) is 4.79 Å². The zero-order valence-electron chi connectivity index (χ0n) is 10.6. The summed E-state index contributed by atoms with van der Waals surface area (Å²) in [6, 6.07) is 7.49. The fraction of sp³-hybridized carbons (Fsp3) is 0.286. The number of pyridine rings is 1. The molecule has 1 aromatic heterocycles. The molecular weight excluding hydrogens is 248 g/mol. The average Bonchev–Trinajstić information content (AvgIpc) is 2.27. The van der Waals surface area contributed by atoms with E-state index < -0.39 is 0 Å². The van der Waals surface area contributed by atoms with Crippen molar-refractivity contribution in [3.8, 4) is 0 Å². The maximum Gasteiger partial charge on any atom is 0.270 e. The maximum absolute atomic E-state index is 12.2. The summed E-state index contributed by atoms with van der Waals surface area (Å²) in [5.41, 5.74) is 0.115. The summed E-state index contributed by atoms with van der Waals surface area (Å²) in [5, 5.41) is 5.07. The van der Waals surface area contributed by atoms with Gasteiger partial charge in [0, 0.05) is 22.5 Å². The van der Waals surface area contributed by atoms with Crippen molar-refractivity contribution in [2.45, 2.75) is 26.3 Å². The number of nitrogens with zero attached hydrogens (tertiary/aromatic N) is 1. The van der Waals surface area contributed by atoms with E-state index in [4.69, 9.17) is 11.6 Å². The number of rotatable bonds is 1. The Morgan fingerprint density at radius 1 is 1.22 bits per heavy atom. The van der Waals surface area contributed by atoms with Gasteiger partial charge in [0.25, 0.3) is 5.91 Å². The van der Waals surface area contributed by atoms with E-state index in [9.17, 15) is 4.79 Å². The highest BCUT2D eigenvalue weighted by atomic mass is 35.5. The van der Waals surface area contributed by atoms with Crippen LogP contribution in [0.15, 0.2) is 30.5 Å². The number of fused-ring (bicyclic) bond motifs is 1. The van der Waals surface area contributed by atoms with Crippen molar-refractivity contribution >= 4 is 28.3 Å². The first kappa shape index (κ1) is 12.8. The lowest BCUT2D eigenvalue weighted by Crippen LogP contribution is -2.41. The summed E-state index contributed by atoms with van der Waals surface area (Å²) in [6.07, 6.45) is 1.52. The van der Waals surface area contributed by atoms with Crippen LogP contribution in [0, 0.1) is 0 Å². The molecule has 0 unspecified atom stereocenters. The van der Waals surface area contributed by atoms with Gasteiger partial charge in [-0.2, -0.15) is 0 Å². The number of amides is 1. The van der Waals surface area contributed by atoms with Gasteiger partial charge in [0.1, 0.15) is 5.69 Å². The van der Waals surface area contributed by atoms with Crippen LogP contribution in [0.5, 0.6) is 0 Å². The van der Waals surface area contributed by atoms with Crippen molar-refractivity contribution < 1.29 is 4.79 Å². The molecule has 0 radical (unpaired) electrons. The fourth-order valence-electron chi connectivity index (χ4n) is 1.74. The van der Waals surface area contributed by atoms with Gasteiger partial charge in [0.05, 0.1) is 5.02 Å². The van der Waals surface area contributed by atoms with Gasteiger partial charge in [0.15, 0.2) is 0 Å². The third-order valence-corrected chi connectivity index (χ3v) is 2.75. The molecule has 1 N–H and O–H groups in total. The Hall–Kier alpha value is -1.61. The lowest BCUT2D eigenvalue weighted by atomic mass is 10.1. The Morgan fingerprint density at radius 2 is 1.83 bits per heavy atom. The largest absolute Gasteiger partial charge is 0.346 e. The molecule has 2 rings (SSSR count). The number of carbonyl (C=O) groups is 1. The highest BCUT2D eigenvalue weighted by Gasteiger charge is 2.18. The van der Waals surface area contributed by atoms with Crippen LogP contribution in [0.25, 0.3) is 10.8 Å². The van der Waals surface area contributed by atoms with Crippen molar-refractivity contribution in [3.05, 3.63) is 41.2 Å². The van der Waals surface area contributed by atoms with Crippen molar-refractivity contribution in [1.29, 1.82) is 0 Å². The molecule has 2 aromatic rings. The molecule has 0 fully saturated rings. The Kier molecular flexibility index (Phi) is 3.26. The van der Waals surface area contributed by atoms with Crippen LogP contribution >= 0.6 is 11.6 Å². The fourth-order valence-corrected chi connectivity index (χ4v) is 1.95. The van der Waals surface area contributed by atoms with E-state index >= 15 is 0 Å². The molecule has 3 nitrogen and oxygen atoms in total. The van der Waals surface area contributed by atoms with Gasteiger partial charge in [-0.05, 0) is 20.8 Å². The van der Waals surface area contributed by atoms with E-state index in [0.29, 0.717) is 10.7 Å². The molecule has 18 heavy (non-hydrogen) atoms. The molecule has 1 heterocycles. The van der Waals surface area contributed by atoms with Crippen molar-refractivity contribution in [3.63, 3.8) is 0 Å². The van der Waals surface area contributed by atoms with E-state index in [1.807, 2.05) is 45.0 Å². The molecule has 4 heteroatoms. The molecule has 0 saturated carbocycles. The van der Waals surface area contributed by atoms with Gasteiger partial charge >= 0.3 is 0 Å². The van der Waals surface area contributed by atoms with E-state index in [0.717, 1.165) is 10.8 Å². The first-order valence-corrected chi connectivity index (χ1v) is 6.12. The molecule has 94 valence electrons. The summed E-state index contributed by atoms with van der Waals surface area (Å²) in [4.78, 5) is 16.3. The van der Waals surface area contributed by atoms with Crippen molar-refractivity contribution in [1.82, 2.24) is 10.3 Å². The first-order chi connectivity index (χ1) is 8.38. The third-order valence-electron chi connectivity index (χ3n) is 2.45. The SMILES string of the molecule is CC(C)(C)NC(=O)c1ncc(Cl)c2ccccc12. The maximum atomic E-state index is 12.2. The van der Waals surface area contributed by atoms with Crippen LogP contribution in [0.3, 0.4) is 0 Å². The number of hydrogen-bond donors (Lipinski definition) is 1. The predicted octanol–water partition coefficient (Wildman–Crippen LogP) is 3.42.